The van der Waals surface area contributed by atoms with Gasteiger partial charge in [0.1, 0.15) is 0 Å². The molecule has 0 spiro atoms. The van der Waals surface area contributed by atoms with Crippen molar-refractivity contribution in [1.29, 1.82) is 0 Å². The van der Waals surface area contributed by atoms with E-state index in [9.17, 15) is 4.79 Å². The van der Waals surface area contributed by atoms with Gasteiger partial charge in [-0.3, -0.25) is 4.79 Å². The number of carbonyl (C=O) groups is 1. The van der Waals surface area contributed by atoms with E-state index < -0.39 is 0 Å². The van der Waals surface area contributed by atoms with Crippen LogP contribution in [0.3, 0.4) is 0 Å². The number of carbonyl (C=O) groups excluding carboxylic acids is 1. The number of likely N-dealkylation sites (tertiary alicyclic amines) is 1. The Labute approximate surface area is 108 Å². The third-order valence-electron chi connectivity index (χ3n) is 3.62. The fourth-order valence-corrected chi connectivity index (χ4v) is 2.36. The lowest BCUT2D eigenvalue weighted by Crippen LogP contribution is -2.38. The van der Waals surface area contributed by atoms with Crippen LogP contribution in [0.1, 0.15) is 36.1 Å². The molecule has 2 heterocycles. The molecule has 2 N–H and O–H groups in total. The van der Waals surface area contributed by atoms with Crippen LogP contribution in [0.2, 0.25) is 0 Å². The van der Waals surface area contributed by atoms with Crippen LogP contribution in [0.25, 0.3) is 0 Å². The number of piperidine rings is 1. The zero-order valence-corrected chi connectivity index (χ0v) is 11.2. The summed E-state index contributed by atoms with van der Waals surface area (Å²) in [6.07, 6.45) is 4.02. The maximum atomic E-state index is 11.8. The van der Waals surface area contributed by atoms with E-state index in [-0.39, 0.29) is 5.91 Å². The first-order valence-electron chi connectivity index (χ1n) is 6.71. The Bertz CT molecular complexity index is 393. The van der Waals surface area contributed by atoms with Crippen molar-refractivity contribution < 1.29 is 4.79 Å². The molecule has 1 aromatic rings. The second kappa shape index (κ2) is 6.00. The van der Waals surface area contributed by atoms with E-state index in [4.69, 9.17) is 0 Å². The molecule has 0 atom stereocenters. The molecule has 100 valence electrons. The molecule has 5 nitrogen and oxygen atoms in total. The van der Waals surface area contributed by atoms with Gasteiger partial charge >= 0.3 is 0 Å². The lowest BCUT2D eigenvalue weighted by atomic mass is 9.97. The van der Waals surface area contributed by atoms with Gasteiger partial charge in [0.2, 0.25) is 0 Å². The highest BCUT2D eigenvalue weighted by molar-refractivity contribution is 5.90. The summed E-state index contributed by atoms with van der Waals surface area (Å²) in [4.78, 5) is 21.2. The molecular weight excluding hydrogens is 228 g/mol. The second-order valence-electron chi connectivity index (χ2n) is 5.00. The van der Waals surface area contributed by atoms with Crippen LogP contribution in [0.5, 0.6) is 0 Å². The average molecular weight is 250 g/mol. The van der Waals surface area contributed by atoms with Gasteiger partial charge in [0, 0.05) is 18.4 Å². The number of aryl methyl sites for hydroxylation is 1. The third-order valence-corrected chi connectivity index (χ3v) is 3.62. The van der Waals surface area contributed by atoms with Gasteiger partial charge in [-0.15, -0.1) is 0 Å². The summed E-state index contributed by atoms with van der Waals surface area (Å²) in [6.45, 7) is 8.28. The lowest BCUT2D eigenvalue weighted by molar-refractivity contribution is 0.0927. The van der Waals surface area contributed by atoms with E-state index in [1.54, 1.807) is 6.20 Å². The second-order valence-corrected chi connectivity index (χ2v) is 5.00. The van der Waals surface area contributed by atoms with Crippen molar-refractivity contribution in [1.82, 2.24) is 20.2 Å². The molecule has 5 heteroatoms. The molecule has 0 aliphatic carbocycles. The number of aromatic nitrogens is 2. The van der Waals surface area contributed by atoms with Crippen LogP contribution in [0, 0.1) is 12.8 Å². The van der Waals surface area contributed by atoms with Crippen LogP contribution < -0.4 is 5.32 Å². The predicted molar refractivity (Wildman–Crippen MR) is 70.5 cm³/mol. The topological polar surface area (TPSA) is 61.0 Å². The Kier molecular flexibility index (Phi) is 4.36. The van der Waals surface area contributed by atoms with Gasteiger partial charge in [0.05, 0.1) is 0 Å². The standard InChI is InChI=1S/C13H22N4O/c1-3-17-6-4-11(5-7-17)9-15-13(18)12-14-8-10(2)16-12/h8,11H,3-7,9H2,1-2H3,(H,14,16)(H,15,18). The van der Waals surface area contributed by atoms with Crippen molar-refractivity contribution in [3.05, 3.63) is 17.7 Å². The quantitative estimate of drug-likeness (QED) is 0.843. The Morgan fingerprint density at radius 3 is 2.83 bits per heavy atom. The van der Waals surface area contributed by atoms with E-state index in [0.717, 1.165) is 31.9 Å². The van der Waals surface area contributed by atoms with Crippen molar-refractivity contribution in [3.63, 3.8) is 0 Å². The van der Waals surface area contributed by atoms with Crippen LogP contribution in [0.4, 0.5) is 0 Å². The van der Waals surface area contributed by atoms with Gasteiger partial charge in [-0.25, -0.2) is 4.98 Å². The molecular formula is C13H22N4O. The van der Waals surface area contributed by atoms with Crippen molar-refractivity contribution >= 4 is 5.91 Å². The number of imidazole rings is 1. The Balaban J connectivity index is 1.74. The Morgan fingerprint density at radius 1 is 1.56 bits per heavy atom. The molecule has 0 radical (unpaired) electrons. The minimum Gasteiger partial charge on any atom is -0.349 e. The summed E-state index contributed by atoms with van der Waals surface area (Å²) in [7, 11) is 0. The van der Waals surface area contributed by atoms with E-state index >= 15 is 0 Å². The summed E-state index contributed by atoms with van der Waals surface area (Å²) in [5, 5.41) is 2.96. The molecule has 1 saturated heterocycles. The van der Waals surface area contributed by atoms with Crippen molar-refractivity contribution in [2.45, 2.75) is 26.7 Å². The molecule has 0 unspecified atom stereocenters. The number of H-pyrrole nitrogens is 1. The Hall–Kier alpha value is -1.36. The first kappa shape index (κ1) is 13.1. The van der Waals surface area contributed by atoms with E-state index in [0.29, 0.717) is 11.7 Å². The molecule has 1 aliphatic heterocycles. The molecule has 18 heavy (non-hydrogen) atoms. The molecule has 0 aromatic carbocycles. The molecule has 1 aliphatic rings. The van der Waals surface area contributed by atoms with Gasteiger partial charge in [0.25, 0.3) is 5.91 Å². The number of aromatic amines is 1. The zero-order valence-electron chi connectivity index (χ0n) is 11.2. The highest BCUT2D eigenvalue weighted by atomic mass is 16.2. The van der Waals surface area contributed by atoms with Gasteiger partial charge in [0.15, 0.2) is 5.82 Å². The van der Waals surface area contributed by atoms with Gasteiger partial charge < -0.3 is 15.2 Å². The maximum Gasteiger partial charge on any atom is 0.287 e. The van der Waals surface area contributed by atoms with E-state index in [2.05, 4.69) is 27.1 Å². The van der Waals surface area contributed by atoms with E-state index in [1.807, 2.05) is 6.92 Å². The van der Waals surface area contributed by atoms with Crippen molar-refractivity contribution in [2.24, 2.45) is 5.92 Å². The summed E-state index contributed by atoms with van der Waals surface area (Å²) < 4.78 is 0. The fourth-order valence-electron chi connectivity index (χ4n) is 2.36. The molecule has 0 bridgehead atoms. The number of hydrogen-bond acceptors (Lipinski definition) is 3. The van der Waals surface area contributed by atoms with Crippen molar-refractivity contribution in [3.8, 4) is 0 Å². The minimum atomic E-state index is -0.0963. The largest absolute Gasteiger partial charge is 0.349 e. The van der Waals surface area contributed by atoms with Crippen LogP contribution in [-0.2, 0) is 0 Å². The van der Waals surface area contributed by atoms with Crippen LogP contribution in [0.15, 0.2) is 6.20 Å². The molecule has 1 fully saturated rings. The zero-order chi connectivity index (χ0) is 13.0. The first-order chi connectivity index (χ1) is 8.69. The number of rotatable bonds is 4. The molecule has 0 saturated carbocycles. The highest BCUT2D eigenvalue weighted by Gasteiger charge is 2.19. The maximum absolute atomic E-state index is 11.8. The van der Waals surface area contributed by atoms with E-state index in [1.165, 1.54) is 12.8 Å². The average Bonchev–Trinajstić information content (AvgIpc) is 2.83. The number of nitrogens with zero attached hydrogens (tertiary/aromatic N) is 2. The minimum absolute atomic E-state index is 0.0963. The summed E-state index contributed by atoms with van der Waals surface area (Å²) in [6, 6.07) is 0. The summed E-state index contributed by atoms with van der Waals surface area (Å²) >= 11 is 0. The Morgan fingerprint density at radius 2 is 2.28 bits per heavy atom. The predicted octanol–water partition coefficient (Wildman–Crippen LogP) is 1.18. The number of nitrogens with one attached hydrogen (secondary N) is 2. The number of amides is 1. The first-order valence-corrected chi connectivity index (χ1v) is 6.71. The monoisotopic (exact) mass is 250 g/mol. The lowest BCUT2D eigenvalue weighted by Gasteiger charge is -2.30. The SMILES string of the molecule is CCN1CCC(CNC(=O)c2ncc(C)[nH]2)CC1. The molecule has 1 amide bonds. The van der Waals surface area contributed by atoms with Crippen LogP contribution >= 0.6 is 0 Å². The van der Waals surface area contributed by atoms with Gasteiger partial charge in [-0.2, -0.15) is 0 Å². The smallest absolute Gasteiger partial charge is 0.287 e. The fraction of sp³-hybridized carbons (Fsp3) is 0.692. The number of hydrogen-bond donors (Lipinski definition) is 2. The van der Waals surface area contributed by atoms with Gasteiger partial charge in [-0.1, -0.05) is 6.92 Å². The molecule has 1 aromatic heterocycles. The normalized spacial score (nSPS) is 17.9. The van der Waals surface area contributed by atoms with Crippen LogP contribution in [-0.4, -0.2) is 47.0 Å². The van der Waals surface area contributed by atoms with Crippen molar-refractivity contribution in [2.75, 3.05) is 26.2 Å². The summed E-state index contributed by atoms with van der Waals surface area (Å²) in [5.41, 5.74) is 0.913. The molecule has 2 rings (SSSR count). The summed E-state index contributed by atoms with van der Waals surface area (Å²) in [5.74, 6) is 0.923. The third kappa shape index (κ3) is 3.32. The highest BCUT2D eigenvalue weighted by Crippen LogP contribution is 2.15. The van der Waals surface area contributed by atoms with Gasteiger partial charge in [-0.05, 0) is 45.3 Å².